The molecule has 24 heavy (non-hydrogen) atoms. The Morgan fingerprint density at radius 2 is 1.75 bits per heavy atom. The average Bonchev–Trinajstić information content (AvgIpc) is 2.99. The molecule has 4 aromatic rings. The van der Waals surface area contributed by atoms with Gasteiger partial charge in [0.2, 0.25) is 0 Å². The van der Waals surface area contributed by atoms with Crippen LogP contribution in [0.2, 0.25) is 5.02 Å². The highest BCUT2D eigenvalue weighted by Gasteiger charge is 2.12. The van der Waals surface area contributed by atoms with Gasteiger partial charge in [-0.3, -0.25) is 0 Å². The highest BCUT2D eigenvalue weighted by atomic mass is 35.5. The molecule has 3 aromatic carbocycles. The maximum absolute atomic E-state index is 6.28. The van der Waals surface area contributed by atoms with E-state index in [1.165, 1.54) is 25.7 Å². The second-order valence-corrected chi connectivity index (χ2v) is 7.04. The van der Waals surface area contributed by atoms with Crippen LogP contribution in [0.5, 0.6) is 0 Å². The van der Waals surface area contributed by atoms with Gasteiger partial charge in [-0.25, -0.2) is 0 Å². The van der Waals surface area contributed by atoms with Gasteiger partial charge in [-0.05, 0) is 35.4 Å². The quantitative estimate of drug-likeness (QED) is 0.362. The van der Waals surface area contributed by atoms with Gasteiger partial charge < -0.3 is 4.74 Å². The van der Waals surface area contributed by atoms with Gasteiger partial charge in [0.05, 0.1) is 13.4 Å². The molecule has 0 atom stereocenters. The van der Waals surface area contributed by atoms with Crippen LogP contribution in [0.1, 0.15) is 5.56 Å². The lowest BCUT2D eigenvalue weighted by molar-refractivity contribution is 0.341. The summed E-state index contributed by atoms with van der Waals surface area (Å²) in [5.74, 6) is 0. The Labute approximate surface area is 149 Å². The molecule has 0 spiro atoms. The number of hydrogen-bond acceptors (Lipinski definition) is 2. The topological polar surface area (TPSA) is 9.23 Å². The second-order valence-electron chi connectivity index (χ2n) is 5.55. The van der Waals surface area contributed by atoms with E-state index in [1.54, 1.807) is 13.4 Å². The normalized spacial score (nSPS) is 11.6. The third-order valence-electron chi connectivity index (χ3n) is 4.09. The molecule has 1 nitrogen and oxygen atoms in total. The Kier molecular flexibility index (Phi) is 4.01. The molecule has 3 heteroatoms. The molecule has 118 valence electrons. The van der Waals surface area contributed by atoms with Crippen LogP contribution in [-0.2, 0) is 4.74 Å². The van der Waals surface area contributed by atoms with E-state index < -0.39 is 0 Å². The van der Waals surface area contributed by atoms with Crippen LogP contribution in [0.3, 0.4) is 0 Å². The average molecular weight is 351 g/mol. The van der Waals surface area contributed by atoms with Crippen molar-refractivity contribution in [3.05, 3.63) is 77.5 Å². The number of benzene rings is 3. The zero-order valence-corrected chi connectivity index (χ0v) is 14.7. The van der Waals surface area contributed by atoms with Crippen molar-refractivity contribution in [3.63, 3.8) is 0 Å². The molecule has 0 aliphatic rings. The van der Waals surface area contributed by atoms with E-state index in [9.17, 15) is 0 Å². The largest absolute Gasteiger partial charge is 0.504 e. The lowest BCUT2D eigenvalue weighted by atomic mass is 9.98. The highest BCUT2D eigenvalue weighted by Crippen LogP contribution is 2.41. The fourth-order valence-corrected chi connectivity index (χ4v) is 4.41. The van der Waals surface area contributed by atoms with Crippen molar-refractivity contribution in [3.8, 4) is 11.1 Å². The first kappa shape index (κ1) is 15.3. The molecule has 1 heterocycles. The number of methoxy groups -OCH3 is 1. The molecule has 0 aliphatic carbocycles. The van der Waals surface area contributed by atoms with Gasteiger partial charge in [-0.2, -0.15) is 0 Å². The van der Waals surface area contributed by atoms with E-state index in [-0.39, 0.29) is 0 Å². The van der Waals surface area contributed by atoms with Crippen molar-refractivity contribution < 1.29 is 4.74 Å². The van der Waals surface area contributed by atoms with E-state index >= 15 is 0 Å². The summed E-state index contributed by atoms with van der Waals surface area (Å²) >= 11 is 8.10. The Morgan fingerprint density at radius 1 is 0.917 bits per heavy atom. The van der Waals surface area contributed by atoms with Crippen molar-refractivity contribution in [2.45, 2.75) is 0 Å². The van der Waals surface area contributed by atoms with Crippen LogP contribution < -0.4 is 0 Å². The standard InChI is InChI=1S/C21H15ClOS/c1-23-12-11-14-9-10-15(22)13-19(14)18-7-4-6-17-16-5-2-3-8-20(16)24-21(17)18/h2-13H,1H3/b12-11+. The lowest BCUT2D eigenvalue weighted by Gasteiger charge is -2.09. The van der Waals surface area contributed by atoms with Gasteiger partial charge >= 0.3 is 0 Å². The molecule has 0 amide bonds. The molecule has 0 aliphatic heterocycles. The lowest BCUT2D eigenvalue weighted by Crippen LogP contribution is -1.84. The maximum Gasteiger partial charge on any atom is 0.0830 e. The van der Waals surface area contributed by atoms with Crippen LogP contribution in [0, 0.1) is 0 Å². The third kappa shape index (κ3) is 2.58. The summed E-state index contributed by atoms with van der Waals surface area (Å²) in [6, 6.07) is 21.0. The van der Waals surface area contributed by atoms with E-state index in [1.807, 2.05) is 35.6 Å². The molecule has 0 N–H and O–H groups in total. The van der Waals surface area contributed by atoms with Gasteiger partial charge in [0, 0.05) is 30.8 Å². The minimum Gasteiger partial charge on any atom is -0.504 e. The highest BCUT2D eigenvalue weighted by molar-refractivity contribution is 7.26. The number of rotatable bonds is 3. The Balaban J connectivity index is 2.03. The van der Waals surface area contributed by atoms with Crippen molar-refractivity contribution >= 4 is 49.2 Å². The Morgan fingerprint density at radius 3 is 2.62 bits per heavy atom. The zero-order valence-electron chi connectivity index (χ0n) is 13.1. The fraction of sp³-hybridized carbons (Fsp3) is 0.0476. The summed E-state index contributed by atoms with van der Waals surface area (Å²) in [5.41, 5.74) is 3.41. The van der Waals surface area contributed by atoms with E-state index in [4.69, 9.17) is 16.3 Å². The van der Waals surface area contributed by atoms with Crippen LogP contribution in [-0.4, -0.2) is 7.11 Å². The van der Waals surface area contributed by atoms with Gasteiger partial charge in [-0.1, -0.05) is 54.1 Å². The summed E-state index contributed by atoms with van der Waals surface area (Å²) in [5, 5.41) is 3.32. The predicted octanol–water partition coefficient (Wildman–Crippen LogP) is 6.99. The number of thiophene rings is 1. The minimum atomic E-state index is 0.734. The molecule has 0 fully saturated rings. The minimum absolute atomic E-state index is 0.734. The third-order valence-corrected chi connectivity index (χ3v) is 5.55. The fourth-order valence-electron chi connectivity index (χ4n) is 3.01. The number of ether oxygens (including phenoxy) is 1. The molecular weight excluding hydrogens is 336 g/mol. The van der Waals surface area contributed by atoms with Gasteiger partial charge in [-0.15, -0.1) is 11.3 Å². The summed E-state index contributed by atoms with van der Waals surface area (Å²) in [7, 11) is 1.65. The van der Waals surface area contributed by atoms with Crippen molar-refractivity contribution in [1.29, 1.82) is 0 Å². The molecule has 0 saturated heterocycles. The molecule has 1 aromatic heterocycles. The number of fused-ring (bicyclic) bond motifs is 3. The molecule has 0 saturated carbocycles. The van der Waals surface area contributed by atoms with Crippen molar-refractivity contribution in [1.82, 2.24) is 0 Å². The summed E-state index contributed by atoms with van der Waals surface area (Å²) in [4.78, 5) is 0. The van der Waals surface area contributed by atoms with E-state index in [0.29, 0.717) is 0 Å². The SMILES string of the molecule is CO/C=C/c1ccc(Cl)cc1-c1cccc2c1sc1ccccc12. The maximum atomic E-state index is 6.28. The van der Waals surface area contributed by atoms with Crippen LogP contribution in [0.4, 0.5) is 0 Å². The molecule has 4 rings (SSSR count). The summed E-state index contributed by atoms with van der Waals surface area (Å²) in [6.07, 6.45) is 3.66. The molecule has 0 bridgehead atoms. The Bertz CT molecular complexity index is 1060. The zero-order chi connectivity index (χ0) is 16.5. The van der Waals surface area contributed by atoms with Gasteiger partial charge in [0.25, 0.3) is 0 Å². The molecule has 0 radical (unpaired) electrons. The number of hydrogen-bond donors (Lipinski definition) is 0. The summed E-state index contributed by atoms with van der Waals surface area (Å²) in [6.45, 7) is 0. The molecule has 0 unspecified atom stereocenters. The predicted molar refractivity (Wildman–Crippen MR) is 106 cm³/mol. The first-order chi connectivity index (χ1) is 11.8. The van der Waals surface area contributed by atoms with Gasteiger partial charge in [0.15, 0.2) is 0 Å². The van der Waals surface area contributed by atoms with E-state index in [2.05, 4.69) is 42.5 Å². The molecular formula is C21H15ClOS. The second kappa shape index (κ2) is 6.31. The first-order valence-electron chi connectivity index (χ1n) is 7.67. The van der Waals surface area contributed by atoms with Crippen molar-refractivity contribution in [2.75, 3.05) is 7.11 Å². The van der Waals surface area contributed by atoms with E-state index in [0.717, 1.165) is 16.1 Å². The summed E-state index contributed by atoms with van der Waals surface area (Å²) < 4.78 is 7.68. The van der Waals surface area contributed by atoms with Crippen LogP contribution in [0.15, 0.2) is 66.9 Å². The van der Waals surface area contributed by atoms with Gasteiger partial charge in [0.1, 0.15) is 0 Å². The first-order valence-corrected chi connectivity index (χ1v) is 8.87. The smallest absolute Gasteiger partial charge is 0.0830 e. The number of halogens is 1. The monoisotopic (exact) mass is 350 g/mol. The van der Waals surface area contributed by atoms with Crippen molar-refractivity contribution in [2.24, 2.45) is 0 Å². The van der Waals surface area contributed by atoms with Crippen LogP contribution >= 0.6 is 22.9 Å². The Hall–Kier alpha value is -2.29. The van der Waals surface area contributed by atoms with Crippen LogP contribution in [0.25, 0.3) is 37.4 Å².